The van der Waals surface area contributed by atoms with Crippen LogP contribution in [0.25, 0.3) is 11.1 Å². The Labute approximate surface area is 584 Å². The number of aliphatic hydroxyl groups excluding tert-OH is 6. The van der Waals surface area contributed by atoms with Crippen LogP contribution >= 0.6 is 23.2 Å². The van der Waals surface area contributed by atoms with E-state index in [1.807, 2.05) is 13.8 Å². The number of aromatic hydroxyl groups is 3. The van der Waals surface area contributed by atoms with Crippen LogP contribution in [0.2, 0.25) is 10.0 Å². The molecule has 7 aliphatic heterocycles. The maximum atomic E-state index is 15.4. The fourth-order valence-corrected chi connectivity index (χ4v) is 12.9. The fraction of sp³-hybridized carbons (Fsp3) is 0.424. The number of hydrogen-bond donors (Lipinski definition) is 19. The van der Waals surface area contributed by atoms with Crippen LogP contribution in [0, 0.1) is 5.92 Å². The molecule has 0 spiro atoms. The topological polar surface area (TPSA) is 540 Å². The molecule has 12 rings (SSSR count). The molecule has 5 aromatic carbocycles. The fourth-order valence-electron chi connectivity index (χ4n) is 12.5. The summed E-state index contributed by atoms with van der Waals surface area (Å²) in [7, 11) is 1.49. The minimum atomic E-state index is -2.25. The smallest absolute Gasteiger partial charge is 0.330 e. The summed E-state index contributed by atoms with van der Waals surface area (Å²) in [6, 6.07) is 0.389. The van der Waals surface area contributed by atoms with E-state index in [1.54, 1.807) is 0 Å². The molecular weight excluding hydrogens is 1370 g/mol. The molecule has 2 fully saturated rings. The van der Waals surface area contributed by atoms with Gasteiger partial charge in [-0.25, -0.2) is 4.79 Å². The zero-order chi connectivity index (χ0) is 73.5. The first-order valence-corrected chi connectivity index (χ1v) is 32.4. The first-order chi connectivity index (χ1) is 47.7. The molecule has 101 heavy (non-hydrogen) atoms. The predicted octanol–water partition coefficient (Wildman–Crippen LogP) is 0.347. The van der Waals surface area contributed by atoms with E-state index in [2.05, 4.69) is 36.9 Å². The van der Waals surface area contributed by atoms with Crippen molar-refractivity contribution < 1.29 is 113 Å². The predicted molar refractivity (Wildman–Crippen MR) is 353 cm³/mol. The maximum Gasteiger partial charge on any atom is 0.330 e. The lowest BCUT2D eigenvalue weighted by atomic mass is 9.86. The van der Waals surface area contributed by atoms with Crippen LogP contribution in [-0.4, -0.2) is 191 Å². The second kappa shape index (κ2) is 30.2. The van der Waals surface area contributed by atoms with Gasteiger partial charge >= 0.3 is 5.97 Å². The van der Waals surface area contributed by atoms with Crippen molar-refractivity contribution in [1.29, 1.82) is 0 Å². The Morgan fingerprint density at radius 1 is 0.762 bits per heavy atom. The van der Waals surface area contributed by atoms with Gasteiger partial charge in [0.2, 0.25) is 47.5 Å². The summed E-state index contributed by atoms with van der Waals surface area (Å²) < 4.78 is 38.5. The van der Waals surface area contributed by atoms with Crippen molar-refractivity contribution in [1.82, 2.24) is 31.9 Å². The van der Waals surface area contributed by atoms with E-state index in [1.165, 1.54) is 33.0 Å². The molecular formula is C66H76Cl2N10O23. The number of rotatable bonds is 13. The number of amides is 6. The van der Waals surface area contributed by atoms with Crippen LogP contribution in [-0.2, 0) is 47.8 Å². The number of amidine groups is 1. The lowest BCUT2D eigenvalue weighted by Gasteiger charge is -2.47. The summed E-state index contributed by atoms with van der Waals surface area (Å²) in [6.07, 6.45) is -18.3. The molecule has 33 nitrogen and oxygen atoms in total. The number of hydrogen-bond acceptors (Lipinski definition) is 26. The molecule has 18 atom stereocenters. The van der Waals surface area contributed by atoms with Gasteiger partial charge in [0.1, 0.15) is 89.3 Å². The van der Waals surface area contributed by atoms with E-state index in [-0.39, 0.29) is 57.5 Å². The number of aliphatic hydroxyl groups is 6. The van der Waals surface area contributed by atoms with Crippen LogP contribution in [0.1, 0.15) is 105 Å². The minimum absolute atomic E-state index is 0.0848. The summed E-state index contributed by atoms with van der Waals surface area (Å²) in [6.45, 7) is 5.72. The van der Waals surface area contributed by atoms with Gasteiger partial charge in [0, 0.05) is 34.7 Å². The Balaban J connectivity index is 1.26. The largest absolute Gasteiger partial charge is 0.508 e. The van der Waals surface area contributed by atoms with Gasteiger partial charge < -0.3 is 129 Å². The molecule has 7 heterocycles. The molecule has 542 valence electrons. The average Bonchev–Trinajstić information content (AvgIpc) is 0.775. The van der Waals surface area contributed by atoms with Gasteiger partial charge in [0.05, 0.1) is 41.3 Å². The van der Waals surface area contributed by atoms with Crippen molar-refractivity contribution >= 4 is 70.4 Å². The molecule has 5 aromatic rings. The highest BCUT2D eigenvalue weighted by Gasteiger charge is 2.51. The molecule has 2 saturated heterocycles. The molecule has 11 bridgehead atoms. The lowest BCUT2D eigenvalue weighted by Crippen LogP contribution is -2.64. The lowest BCUT2D eigenvalue weighted by molar-refractivity contribution is -0.333. The van der Waals surface area contributed by atoms with Crippen molar-refractivity contribution in [3.8, 4) is 57.1 Å². The number of nitrogens with one attached hydrogen (secondary N) is 6. The van der Waals surface area contributed by atoms with Gasteiger partial charge in [0.25, 0.3) is 0 Å². The third-order valence-corrected chi connectivity index (χ3v) is 18.4. The number of nitrogens with two attached hydrogens (primary N) is 3. The van der Waals surface area contributed by atoms with Gasteiger partial charge in [-0.2, -0.15) is 0 Å². The van der Waals surface area contributed by atoms with Gasteiger partial charge in [-0.15, -0.1) is 0 Å². The van der Waals surface area contributed by atoms with Crippen molar-refractivity contribution in [3.63, 3.8) is 0 Å². The Morgan fingerprint density at radius 3 is 1.98 bits per heavy atom. The van der Waals surface area contributed by atoms with E-state index in [4.69, 9.17) is 68.8 Å². The summed E-state index contributed by atoms with van der Waals surface area (Å²) in [5.41, 5.74) is 15.6. The van der Waals surface area contributed by atoms with Crippen LogP contribution in [0.15, 0.2) is 83.9 Å². The Hall–Kier alpha value is -9.20. The number of primary amides is 1. The van der Waals surface area contributed by atoms with Crippen molar-refractivity contribution in [2.75, 3.05) is 13.7 Å². The number of carboxylic acid groups (broad SMARTS) is 1. The molecule has 0 aliphatic carbocycles. The van der Waals surface area contributed by atoms with E-state index in [0.717, 1.165) is 66.7 Å². The number of aliphatic imine (C=N–C) groups is 1. The third kappa shape index (κ3) is 15.8. The quantitative estimate of drug-likeness (QED) is 0.0756. The van der Waals surface area contributed by atoms with Gasteiger partial charge in [-0.1, -0.05) is 55.2 Å². The molecule has 22 N–H and O–H groups in total. The van der Waals surface area contributed by atoms with Crippen molar-refractivity contribution in [2.45, 2.75) is 156 Å². The average molecular weight is 1450 g/mol. The van der Waals surface area contributed by atoms with Crippen molar-refractivity contribution in [2.24, 2.45) is 28.1 Å². The second-order valence-corrected chi connectivity index (χ2v) is 26.5. The number of ether oxygens (including phenoxy) is 6. The number of halogens is 2. The van der Waals surface area contributed by atoms with Crippen LogP contribution in [0.5, 0.6) is 46.0 Å². The number of aliphatic carboxylic acids is 1. The zero-order valence-electron chi connectivity index (χ0n) is 54.4. The number of carboxylic acids is 1. The molecule has 0 radical (unpaired) electrons. The number of phenolic OH excluding ortho intramolecular Hbond substituents is 3. The molecule has 0 saturated carbocycles. The number of fused-ring (bicyclic) bond motifs is 14. The second-order valence-electron chi connectivity index (χ2n) is 25.7. The monoisotopic (exact) mass is 1450 g/mol. The Kier molecular flexibility index (Phi) is 22.2. The Bertz CT molecular complexity index is 4090. The zero-order valence-corrected chi connectivity index (χ0v) is 56.0. The van der Waals surface area contributed by atoms with Gasteiger partial charge in [0.15, 0.2) is 36.0 Å². The molecule has 6 amide bonds. The number of carbonyl (C=O) groups is 7. The third-order valence-electron chi connectivity index (χ3n) is 17.8. The van der Waals surface area contributed by atoms with Crippen molar-refractivity contribution in [3.05, 3.63) is 117 Å². The van der Waals surface area contributed by atoms with Gasteiger partial charge in [-0.05, 0) is 110 Å². The normalized spacial score (nSPS) is 29.4. The first kappa shape index (κ1) is 74.5. The highest BCUT2D eigenvalue weighted by molar-refractivity contribution is 6.32. The summed E-state index contributed by atoms with van der Waals surface area (Å²) in [4.78, 5) is 106. The summed E-state index contributed by atoms with van der Waals surface area (Å²) in [5, 5.41) is 129. The highest BCUT2D eigenvalue weighted by Crippen LogP contribution is 2.50. The number of likely N-dealkylation sites (N-methyl/N-ethyl adjacent to an activating group) is 1. The number of carbonyl (C=O) groups excluding carboxylic acids is 6. The van der Waals surface area contributed by atoms with Gasteiger partial charge in [-0.3, -0.25) is 33.8 Å². The minimum Gasteiger partial charge on any atom is -0.508 e. The number of benzene rings is 5. The SMILES string of the molecule is CN[C@H](CC(C)C)C(=O)N[C@H]1C(=O)N[C@@H](CC(N)=O)C(=O)N[C@H]2C(N)=N[C@H]3C(=O)N[C@H](C(=O)N[C@H](C(=O)O)c4cc(O)cc(O)c4-c4cc3ccc4O)[C@H](O)c3ccc(c(Cl)c3)Oc3cc2cc(c3O[C@@H]2OC(CO)C(O)[C@H](O)[C@H]2O[C@H]2CC(C)(N)[C@H](O)[C@H](C)O2)Oc2ccc(cc2Cl)[C@H]1O. The molecule has 35 heteroatoms. The maximum absolute atomic E-state index is 15.4. The summed E-state index contributed by atoms with van der Waals surface area (Å²) in [5.74, 6) is -14.7. The summed E-state index contributed by atoms with van der Waals surface area (Å²) >= 11 is 14.2. The van der Waals surface area contributed by atoms with E-state index in [9.17, 15) is 75.0 Å². The van der Waals surface area contributed by atoms with E-state index < -0.39 is 226 Å². The molecule has 7 aliphatic rings. The first-order valence-electron chi connectivity index (χ1n) is 31.6. The van der Waals surface area contributed by atoms with E-state index in [0.29, 0.717) is 0 Å². The molecule has 0 aromatic heterocycles. The van der Waals surface area contributed by atoms with Crippen LogP contribution < -0.4 is 63.3 Å². The standard InChI is InChI=1S/C66H76Cl2N10O23/c1-23(2)12-34(72-5)59(89)77-49-51(84)26-7-10-38(32(67)14-26)97-40-16-28-17-41(55(40)101-65-56(54(87)53(86)42(22-79)99-65)100-44-21-66(4,71)57(88)24(3)96-44)98-39-11-8-27(15-33(39)68)52(85)50-63(93)76-48(64(94)95)31-18-29(80)19-37(82)45(31)30-13-25(6-9-36(30)81)47(61(91)78-50)74-58(70)46(28)75-60(90)35(20-43(69)83)73-62(49)92/h6-11,13-19,23-24,34-35,42,44,46-54,56-57,65,72,79-82,84-88H,12,20-22,71H2,1-5H3,(H2,69,83)(H2,70,74)(H,73,92)(H,75,90)(H,76,93)(H,77,89)(H,78,91)(H,94,95)/t24-,34+,35-,42?,44-,46+,47+,48-,49+,50-,51+,52+,53?,54-,56+,57+,65-,66?/m0/s1. The molecule has 3 unspecified atom stereocenters. The Morgan fingerprint density at radius 2 is 1.40 bits per heavy atom. The van der Waals surface area contributed by atoms with Crippen LogP contribution in [0.3, 0.4) is 0 Å². The number of nitrogens with zero attached hydrogens (tertiary/aromatic N) is 1. The van der Waals surface area contributed by atoms with E-state index >= 15 is 9.59 Å². The highest BCUT2D eigenvalue weighted by atomic mass is 35.5. The number of phenols is 3. The van der Waals surface area contributed by atoms with Crippen LogP contribution in [0.4, 0.5) is 0 Å².